The number of aromatic hydroxyl groups is 1. The maximum absolute atomic E-state index is 12.9. The Bertz CT molecular complexity index is 1090. The average Bonchev–Trinajstić information content (AvgIpc) is 3.27. The van der Waals surface area contributed by atoms with E-state index in [1.54, 1.807) is 22.9 Å². The maximum Gasteiger partial charge on any atom is 0.291 e. The lowest BCUT2D eigenvalue weighted by Crippen LogP contribution is -2.35. The van der Waals surface area contributed by atoms with Crippen molar-refractivity contribution in [2.24, 2.45) is 5.41 Å². The molecular weight excluding hydrogens is 334 g/mol. The second-order valence-electron chi connectivity index (χ2n) is 8.01. The van der Waals surface area contributed by atoms with E-state index in [9.17, 15) is 14.7 Å². The molecular formula is C18H21N5O3. The number of rotatable bonds is 3. The summed E-state index contributed by atoms with van der Waals surface area (Å²) in [6.07, 6.45) is 3.37. The predicted octanol–water partition coefficient (Wildman–Crippen LogP) is 1.69. The van der Waals surface area contributed by atoms with Gasteiger partial charge in [0, 0.05) is 18.8 Å². The van der Waals surface area contributed by atoms with Crippen molar-refractivity contribution in [2.75, 3.05) is 0 Å². The van der Waals surface area contributed by atoms with E-state index in [1.165, 1.54) is 4.52 Å². The molecule has 1 aliphatic carbocycles. The number of hydrogen-bond acceptors (Lipinski definition) is 5. The lowest BCUT2D eigenvalue weighted by Gasteiger charge is -2.23. The highest BCUT2D eigenvalue weighted by Crippen LogP contribution is 2.28. The van der Waals surface area contributed by atoms with Crippen molar-refractivity contribution in [2.45, 2.75) is 46.2 Å². The van der Waals surface area contributed by atoms with Gasteiger partial charge in [-0.2, -0.15) is 4.52 Å². The Morgan fingerprint density at radius 2 is 2.12 bits per heavy atom. The van der Waals surface area contributed by atoms with Gasteiger partial charge in [0.15, 0.2) is 16.9 Å². The predicted molar refractivity (Wildman–Crippen MR) is 96.4 cm³/mol. The fraction of sp³-hybridized carbons (Fsp3) is 0.444. The summed E-state index contributed by atoms with van der Waals surface area (Å²) in [7, 11) is 0. The topological polar surface area (TPSA) is 102 Å². The van der Waals surface area contributed by atoms with Gasteiger partial charge in [-0.1, -0.05) is 20.8 Å². The Balaban J connectivity index is 2.05. The second-order valence-corrected chi connectivity index (χ2v) is 8.01. The first-order valence-electron chi connectivity index (χ1n) is 8.66. The van der Waals surface area contributed by atoms with E-state index in [1.807, 2.05) is 20.8 Å². The van der Waals surface area contributed by atoms with Gasteiger partial charge >= 0.3 is 0 Å². The molecule has 1 amide bonds. The van der Waals surface area contributed by atoms with Crippen LogP contribution in [0.25, 0.3) is 16.7 Å². The van der Waals surface area contributed by atoms with Crippen molar-refractivity contribution in [1.29, 1.82) is 0 Å². The molecule has 4 rings (SSSR count). The molecule has 0 aromatic carbocycles. The number of aromatic nitrogens is 4. The van der Waals surface area contributed by atoms with E-state index in [0.717, 1.165) is 12.8 Å². The Hall–Kier alpha value is -2.90. The zero-order chi connectivity index (χ0) is 18.6. The standard InChI is InChI=1S/C18H21N5O3/c1-18(2,3)9-22-15-11-5-4-8-19-13(11)21-23(15)17(26)12(16(22)25)14(24)20-10-6-7-10/h4-5,8,10,25H,6-7,9H2,1-3H3,(H,20,24). The van der Waals surface area contributed by atoms with Crippen LogP contribution < -0.4 is 10.9 Å². The average molecular weight is 355 g/mol. The number of hydrogen-bond donors (Lipinski definition) is 2. The highest BCUT2D eigenvalue weighted by atomic mass is 16.3. The first kappa shape index (κ1) is 16.6. The van der Waals surface area contributed by atoms with E-state index >= 15 is 0 Å². The van der Waals surface area contributed by atoms with Crippen molar-refractivity contribution in [3.8, 4) is 5.88 Å². The van der Waals surface area contributed by atoms with Gasteiger partial charge in [-0.25, -0.2) is 4.98 Å². The number of pyridine rings is 1. The molecule has 3 aromatic heterocycles. The molecule has 8 nitrogen and oxygen atoms in total. The largest absolute Gasteiger partial charge is 0.494 e. The third-order valence-electron chi connectivity index (χ3n) is 4.34. The summed E-state index contributed by atoms with van der Waals surface area (Å²) in [5.74, 6) is -0.895. The van der Waals surface area contributed by atoms with E-state index in [4.69, 9.17) is 0 Å². The molecule has 0 bridgehead atoms. The van der Waals surface area contributed by atoms with Crippen LogP contribution in [0, 0.1) is 5.41 Å². The highest BCUT2D eigenvalue weighted by molar-refractivity contribution is 5.98. The molecule has 0 radical (unpaired) electrons. The minimum atomic E-state index is -0.640. The van der Waals surface area contributed by atoms with Crippen molar-refractivity contribution < 1.29 is 9.90 Å². The maximum atomic E-state index is 12.9. The molecule has 1 saturated carbocycles. The lowest BCUT2D eigenvalue weighted by atomic mass is 9.96. The molecule has 3 aromatic rings. The fourth-order valence-electron chi connectivity index (χ4n) is 3.05. The second kappa shape index (κ2) is 5.55. The summed E-state index contributed by atoms with van der Waals surface area (Å²) in [6, 6.07) is 3.62. The van der Waals surface area contributed by atoms with Gasteiger partial charge in [-0.05, 0) is 30.4 Å². The number of nitrogens with one attached hydrogen (secondary N) is 1. The number of nitrogens with zero attached hydrogens (tertiary/aromatic N) is 4. The van der Waals surface area contributed by atoms with Gasteiger partial charge in [0.1, 0.15) is 0 Å². The zero-order valence-electron chi connectivity index (χ0n) is 15.0. The van der Waals surface area contributed by atoms with Gasteiger partial charge in [0.05, 0.1) is 5.39 Å². The van der Waals surface area contributed by atoms with Crippen LogP contribution in [0.2, 0.25) is 0 Å². The van der Waals surface area contributed by atoms with Crippen LogP contribution in [-0.2, 0) is 6.54 Å². The summed E-state index contributed by atoms with van der Waals surface area (Å²) in [4.78, 5) is 29.7. The lowest BCUT2D eigenvalue weighted by molar-refractivity contribution is 0.0944. The van der Waals surface area contributed by atoms with E-state index in [-0.39, 0.29) is 22.9 Å². The van der Waals surface area contributed by atoms with Gasteiger partial charge in [0.25, 0.3) is 11.5 Å². The van der Waals surface area contributed by atoms with Gasteiger partial charge in [0.2, 0.25) is 5.88 Å². The Morgan fingerprint density at radius 1 is 1.38 bits per heavy atom. The van der Waals surface area contributed by atoms with Crippen molar-refractivity contribution in [3.63, 3.8) is 0 Å². The minimum Gasteiger partial charge on any atom is -0.494 e. The van der Waals surface area contributed by atoms with Crippen molar-refractivity contribution in [3.05, 3.63) is 34.2 Å². The van der Waals surface area contributed by atoms with Crippen LogP contribution in [0.4, 0.5) is 0 Å². The third kappa shape index (κ3) is 2.71. The molecule has 26 heavy (non-hydrogen) atoms. The molecule has 2 N–H and O–H groups in total. The zero-order valence-corrected chi connectivity index (χ0v) is 15.0. The quantitative estimate of drug-likeness (QED) is 0.744. The number of carbonyl (C=O) groups excluding carboxylic acids is 1. The molecule has 8 heteroatoms. The Labute approximate surface area is 149 Å². The molecule has 0 saturated heterocycles. The molecule has 136 valence electrons. The summed E-state index contributed by atoms with van der Waals surface area (Å²) >= 11 is 0. The highest BCUT2D eigenvalue weighted by Gasteiger charge is 2.30. The summed E-state index contributed by atoms with van der Waals surface area (Å²) in [5, 5.41) is 18.5. The van der Waals surface area contributed by atoms with Crippen LogP contribution in [0.3, 0.4) is 0 Å². The Morgan fingerprint density at radius 3 is 2.77 bits per heavy atom. The monoisotopic (exact) mass is 355 g/mol. The third-order valence-corrected chi connectivity index (χ3v) is 4.34. The molecule has 0 spiro atoms. The molecule has 0 atom stereocenters. The van der Waals surface area contributed by atoms with Crippen molar-refractivity contribution >= 4 is 22.6 Å². The molecule has 1 fully saturated rings. The van der Waals surface area contributed by atoms with Crippen LogP contribution in [0.15, 0.2) is 23.1 Å². The minimum absolute atomic E-state index is 0.0754. The molecule has 3 heterocycles. The fourth-order valence-corrected chi connectivity index (χ4v) is 3.05. The summed E-state index contributed by atoms with van der Waals surface area (Å²) in [6.45, 7) is 6.45. The van der Waals surface area contributed by atoms with Crippen LogP contribution in [0.1, 0.15) is 44.0 Å². The van der Waals surface area contributed by atoms with Crippen LogP contribution >= 0.6 is 0 Å². The number of amides is 1. The van der Waals surface area contributed by atoms with Gasteiger partial charge in [-0.15, -0.1) is 5.10 Å². The van der Waals surface area contributed by atoms with E-state index in [2.05, 4.69) is 15.4 Å². The first-order valence-corrected chi connectivity index (χ1v) is 8.66. The van der Waals surface area contributed by atoms with E-state index in [0.29, 0.717) is 23.2 Å². The normalized spacial score (nSPS) is 14.9. The SMILES string of the molecule is CC(C)(C)Cn1c(O)c(C(=O)NC2CC2)c(=O)n2nc3ncccc3c12. The summed E-state index contributed by atoms with van der Waals surface area (Å²) < 4.78 is 2.76. The molecule has 0 unspecified atom stereocenters. The molecule has 1 aliphatic rings. The first-order chi connectivity index (χ1) is 12.3. The summed E-state index contributed by atoms with van der Waals surface area (Å²) in [5.41, 5.74) is -0.282. The Kier molecular flexibility index (Phi) is 3.54. The van der Waals surface area contributed by atoms with Gasteiger partial charge in [-0.3, -0.25) is 14.2 Å². The van der Waals surface area contributed by atoms with E-state index < -0.39 is 11.5 Å². The smallest absolute Gasteiger partial charge is 0.291 e. The number of fused-ring (bicyclic) bond motifs is 3. The number of carbonyl (C=O) groups is 1. The van der Waals surface area contributed by atoms with Crippen molar-refractivity contribution in [1.82, 2.24) is 24.5 Å². The molecule has 0 aliphatic heterocycles. The van der Waals surface area contributed by atoms with Crippen LogP contribution in [0.5, 0.6) is 5.88 Å². The van der Waals surface area contributed by atoms with Crippen LogP contribution in [-0.4, -0.2) is 36.2 Å². The van der Waals surface area contributed by atoms with Gasteiger partial charge < -0.3 is 10.4 Å².